The summed E-state index contributed by atoms with van der Waals surface area (Å²) >= 11 is 0. The summed E-state index contributed by atoms with van der Waals surface area (Å²) in [4.78, 5) is 4.68. The lowest BCUT2D eigenvalue weighted by Crippen LogP contribution is -2.02. The van der Waals surface area contributed by atoms with Crippen molar-refractivity contribution in [3.05, 3.63) is 65.9 Å². The third-order valence-corrected chi connectivity index (χ3v) is 3.91. The van der Waals surface area contributed by atoms with Crippen LogP contribution >= 0.6 is 0 Å². The fraction of sp³-hybridized carbons (Fsp3) is 0.167. The summed E-state index contributed by atoms with van der Waals surface area (Å²) in [5.74, 6) is 2.62. The SMILES string of the molecule is Cc1ccc(CNc2ccc3c(NCc4cnn[nH]4)cccc3n2)o1. The van der Waals surface area contributed by atoms with Crippen LogP contribution in [0.3, 0.4) is 0 Å². The van der Waals surface area contributed by atoms with Crippen molar-refractivity contribution in [3.63, 3.8) is 0 Å². The highest BCUT2D eigenvalue weighted by Crippen LogP contribution is 2.24. The molecule has 25 heavy (non-hydrogen) atoms. The number of benzene rings is 1. The molecular weight excluding hydrogens is 316 g/mol. The average Bonchev–Trinajstić information content (AvgIpc) is 3.29. The first-order valence-electron chi connectivity index (χ1n) is 8.06. The van der Waals surface area contributed by atoms with E-state index in [1.54, 1.807) is 6.20 Å². The second-order valence-electron chi connectivity index (χ2n) is 5.77. The van der Waals surface area contributed by atoms with Crippen LogP contribution in [0.5, 0.6) is 0 Å². The molecule has 0 aliphatic rings. The molecule has 126 valence electrons. The number of aromatic nitrogens is 4. The van der Waals surface area contributed by atoms with Gasteiger partial charge in [0.25, 0.3) is 0 Å². The van der Waals surface area contributed by atoms with Crippen molar-refractivity contribution in [2.75, 3.05) is 10.6 Å². The van der Waals surface area contributed by atoms with Gasteiger partial charge in [-0.25, -0.2) is 4.98 Å². The average molecular weight is 334 g/mol. The van der Waals surface area contributed by atoms with Crippen LogP contribution in [0.2, 0.25) is 0 Å². The summed E-state index contributed by atoms with van der Waals surface area (Å²) in [6.07, 6.45) is 1.70. The van der Waals surface area contributed by atoms with Gasteiger partial charge in [0.05, 0.1) is 30.5 Å². The van der Waals surface area contributed by atoms with Crippen molar-refractivity contribution in [1.82, 2.24) is 20.4 Å². The van der Waals surface area contributed by atoms with Crippen LogP contribution in [-0.2, 0) is 13.1 Å². The van der Waals surface area contributed by atoms with E-state index in [0.29, 0.717) is 13.1 Å². The van der Waals surface area contributed by atoms with Gasteiger partial charge in [0.1, 0.15) is 17.3 Å². The highest BCUT2D eigenvalue weighted by atomic mass is 16.3. The molecule has 1 aromatic carbocycles. The molecule has 3 N–H and O–H groups in total. The number of rotatable bonds is 6. The van der Waals surface area contributed by atoms with E-state index in [4.69, 9.17) is 4.42 Å². The Kier molecular flexibility index (Phi) is 4.04. The lowest BCUT2D eigenvalue weighted by Gasteiger charge is -2.10. The topological polar surface area (TPSA) is 91.7 Å². The maximum absolute atomic E-state index is 5.57. The largest absolute Gasteiger partial charge is 0.465 e. The molecule has 4 aromatic rings. The zero-order valence-electron chi connectivity index (χ0n) is 13.8. The van der Waals surface area contributed by atoms with Gasteiger partial charge in [-0.1, -0.05) is 11.3 Å². The molecule has 7 nitrogen and oxygen atoms in total. The molecule has 0 fully saturated rings. The van der Waals surface area contributed by atoms with Gasteiger partial charge < -0.3 is 15.1 Å². The molecule has 0 aliphatic carbocycles. The second kappa shape index (κ2) is 6.64. The van der Waals surface area contributed by atoms with Crippen LogP contribution in [0.4, 0.5) is 11.5 Å². The number of pyridine rings is 1. The fourth-order valence-electron chi connectivity index (χ4n) is 2.66. The highest BCUT2D eigenvalue weighted by molar-refractivity contribution is 5.92. The van der Waals surface area contributed by atoms with Gasteiger partial charge in [0.15, 0.2) is 0 Å². The standard InChI is InChI=1S/C18H18N6O/c1-12-5-6-14(25-12)11-20-18-8-7-15-16(3-2-4-17(15)22-18)19-9-13-10-21-24-23-13/h2-8,10,19H,9,11H2,1H3,(H,20,22)(H,21,23,24). The lowest BCUT2D eigenvalue weighted by atomic mass is 10.1. The van der Waals surface area contributed by atoms with Crippen molar-refractivity contribution < 1.29 is 4.42 Å². The van der Waals surface area contributed by atoms with E-state index in [9.17, 15) is 0 Å². The minimum atomic E-state index is 0.608. The van der Waals surface area contributed by atoms with Crippen molar-refractivity contribution in [2.45, 2.75) is 20.0 Å². The molecule has 0 saturated heterocycles. The summed E-state index contributed by atoms with van der Waals surface area (Å²) in [6, 6.07) is 14.0. The Hall–Kier alpha value is -3.35. The van der Waals surface area contributed by atoms with E-state index in [1.807, 2.05) is 43.3 Å². The Morgan fingerprint density at radius 1 is 1.04 bits per heavy atom. The van der Waals surface area contributed by atoms with Crippen LogP contribution in [-0.4, -0.2) is 20.4 Å². The van der Waals surface area contributed by atoms with E-state index < -0.39 is 0 Å². The van der Waals surface area contributed by atoms with Gasteiger partial charge in [-0.15, -0.1) is 5.10 Å². The molecule has 3 aromatic heterocycles. The predicted molar refractivity (Wildman–Crippen MR) is 96.2 cm³/mol. The zero-order valence-corrected chi connectivity index (χ0v) is 13.8. The quantitative estimate of drug-likeness (QED) is 0.500. The van der Waals surface area contributed by atoms with Crippen LogP contribution in [0.1, 0.15) is 17.2 Å². The van der Waals surface area contributed by atoms with E-state index in [-0.39, 0.29) is 0 Å². The first-order valence-corrected chi connectivity index (χ1v) is 8.06. The molecule has 0 spiro atoms. The number of H-pyrrole nitrogens is 1. The smallest absolute Gasteiger partial charge is 0.127 e. The summed E-state index contributed by atoms with van der Waals surface area (Å²) in [5.41, 5.74) is 2.87. The van der Waals surface area contributed by atoms with Crippen LogP contribution < -0.4 is 10.6 Å². The Labute approximate surface area is 144 Å². The van der Waals surface area contributed by atoms with Crippen molar-refractivity contribution in [1.29, 1.82) is 0 Å². The Morgan fingerprint density at radius 3 is 2.80 bits per heavy atom. The van der Waals surface area contributed by atoms with E-state index in [2.05, 4.69) is 37.1 Å². The van der Waals surface area contributed by atoms with E-state index in [1.165, 1.54) is 0 Å². The Balaban J connectivity index is 1.50. The number of hydrogen-bond donors (Lipinski definition) is 3. The molecule has 7 heteroatoms. The molecule has 0 aliphatic heterocycles. The zero-order chi connectivity index (χ0) is 17.1. The van der Waals surface area contributed by atoms with E-state index >= 15 is 0 Å². The van der Waals surface area contributed by atoms with Gasteiger partial charge >= 0.3 is 0 Å². The maximum Gasteiger partial charge on any atom is 0.127 e. The number of nitrogens with zero attached hydrogens (tertiary/aromatic N) is 3. The number of hydrogen-bond acceptors (Lipinski definition) is 6. The van der Waals surface area contributed by atoms with Gasteiger partial charge in [-0.3, -0.25) is 5.10 Å². The highest BCUT2D eigenvalue weighted by Gasteiger charge is 2.05. The molecule has 3 heterocycles. The minimum absolute atomic E-state index is 0.608. The summed E-state index contributed by atoms with van der Waals surface area (Å²) in [5, 5.41) is 18.1. The first-order chi connectivity index (χ1) is 12.3. The number of aromatic amines is 1. The Morgan fingerprint density at radius 2 is 2.00 bits per heavy atom. The molecule has 0 amide bonds. The van der Waals surface area contributed by atoms with Crippen LogP contribution in [0.15, 0.2) is 53.1 Å². The molecule has 0 atom stereocenters. The normalized spacial score (nSPS) is 10.9. The van der Waals surface area contributed by atoms with Crippen LogP contribution in [0, 0.1) is 6.92 Å². The van der Waals surface area contributed by atoms with Gasteiger partial charge in [-0.2, -0.15) is 0 Å². The third kappa shape index (κ3) is 3.45. The molecule has 0 radical (unpaired) electrons. The third-order valence-electron chi connectivity index (χ3n) is 3.91. The maximum atomic E-state index is 5.57. The molecule has 0 unspecified atom stereocenters. The van der Waals surface area contributed by atoms with Crippen molar-refractivity contribution in [2.24, 2.45) is 0 Å². The summed E-state index contributed by atoms with van der Waals surface area (Å²) in [6.45, 7) is 3.17. The predicted octanol–water partition coefficient (Wildman–Crippen LogP) is 3.48. The summed E-state index contributed by atoms with van der Waals surface area (Å²) in [7, 11) is 0. The minimum Gasteiger partial charge on any atom is -0.465 e. The fourth-order valence-corrected chi connectivity index (χ4v) is 2.66. The van der Waals surface area contributed by atoms with Gasteiger partial charge in [0, 0.05) is 11.1 Å². The molecule has 0 bridgehead atoms. The summed E-state index contributed by atoms with van der Waals surface area (Å²) < 4.78 is 5.57. The molecule has 0 saturated carbocycles. The molecule has 4 rings (SSSR count). The second-order valence-corrected chi connectivity index (χ2v) is 5.77. The molecular formula is C18H18N6O. The van der Waals surface area contributed by atoms with Crippen LogP contribution in [0.25, 0.3) is 10.9 Å². The first kappa shape index (κ1) is 15.2. The Bertz CT molecular complexity index is 976. The van der Waals surface area contributed by atoms with Gasteiger partial charge in [0.2, 0.25) is 0 Å². The number of fused-ring (bicyclic) bond motifs is 1. The number of furan rings is 1. The van der Waals surface area contributed by atoms with Crippen molar-refractivity contribution >= 4 is 22.4 Å². The number of aryl methyl sites for hydroxylation is 1. The number of anilines is 2. The van der Waals surface area contributed by atoms with E-state index in [0.717, 1.165) is 39.6 Å². The van der Waals surface area contributed by atoms with Gasteiger partial charge in [-0.05, 0) is 43.3 Å². The lowest BCUT2D eigenvalue weighted by molar-refractivity contribution is 0.490. The number of nitrogens with one attached hydrogen (secondary N) is 3. The monoisotopic (exact) mass is 334 g/mol. The van der Waals surface area contributed by atoms with Crippen molar-refractivity contribution in [3.8, 4) is 0 Å².